The Labute approximate surface area is 88.3 Å². The molecule has 0 aromatic rings. The highest BCUT2D eigenvalue weighted by Gasteiger charge is 2.24. The van der Waals surface area contributed by atoms with Crippen LogP contribution in [0.3, 0.4) is 0 Å². The normalized spacial score (nSPS) is 26.4. The molecule has 0 saturated carbocycles. The summed E-state index contributed by atoms with van der Waals surface area (Å²) in [6.07, 6.45) is 7.49. The summed E-state index contributed by atoms with van der Waals surface area (Å²) in [7, 11) is 0. The lowest BCUT2D eigenvalue weighted by Gasteiger charge is -2.39. The van der Waals surface area contributed by atoms with Crippen LogP contribution in [0.2, 0.25) is 0 Å². The zero-order chi connectivity index (χ0) is 10.4. The minimum absolute atomic E-state index is 0.341. The molecule has 84 valence electrons. The molecule has 1 fully saturated rings. The number of aliphatic hydroxyl groups excluding tert-OH is 1. The molecule has 2 nitrogen and oxygen atoms in total. The molecule has 1 saturated heterocycles. The van der Waals surface area contributed by atoms with E-state index in [0.29, 0.717) is 12.6 Å². The van der Waals surface area contributed by atoms with Crippen LogP contribution in [0.1, 0.15) is 52.4 Å². The van der Waals surface area contributed by atoms with E-state index in [-0.39, 0.29) is 0 Å². The zero-order valence-electron chi connectivity index (χ0n) is 9.71. The van der Waals surface area contributed by atoms with Crippen molar-refractivity contribution in [2.45, 2.75) is 64.5 Å². The van der Waals surface area contributed by atoms with Crippen molar-refractivity contribution in [1.82, 2.24) is 4.90 Å². The summed E-state index contributed by atoms with van der Waals surface area (Å²) >= 11 is 0. The average Bonchev–Trinajstić information content (AvgIpc) is 2.18. The van der Waals surface area contributed by atoms with Crippen LogP contribution in [0.15, 0.2) is 0 Å². The van der Waals surface area contributed by atoms with Gasteiger partial charge in [-0.1, -0.05) is 19.8 Å². The van der Waals surface area contributed by atoms with Gasteiger partial charge in [-0.25, -0.2) is 0 Å². The van der Waals surface area contributed by atoms with Crippen molar-refractivity contribution < 1.29 is 5.11 Å². The van der Waals surface area contributed by atoms with Crippen LogP contribution in [-0.2, 0) is 0 Å². The first-order valence-corrected chi connectivity index (χ1v) is 6.16. The lowest BCUT2D eigenvalue weighted by molar-refractivity contribution is 0.0812. The molecular formula is C12H25NO. The molecule has 0 amide bonds. The standard InChI is InChI=1S/C12H25NO/c1-3-6-12(8-10-14)13-9-5-4-7-11(13)2/h11-12,14H,3-10H2,1-2H3. The van der Waals surface area contributed by atoms with Gasteiger partial charge in [-0.05, 0) is 39.2 Å². The van der Waals surface area contributed by atoms with Crippen LogP contribution in [-0.4, -0.2) is 35.2 Å². The summed E-state index contributed by atoms with van der Waals surface area (Å²) in [6, 6.07) is 1.35. The molecule has 0 bridgehead atoms. The Morgan fingerprint density at radius 2 is 2.14 bits per heavy atom. The minimum Gasteiger partial charge on any atom is -0.396 e. The van der Waals surface area contributed by atoms with E-state index in [0.717, 1.165) is 12.5 Å². The number of likely N-dealkylation sites (tertiary alicyclic amines) is 1. The van der Waals surface area contributed by atoms with Gasteiger partial charge in [0.05, 0.1) is 0 Å². The Morgan fingerprint density at radius 1 is 1.36 bits per heavy atom. The van der Waals surface area contributed by atoms with Crippen molar-refractivity contribution in [2.75, 3.05) is 13.2 Å². The maximum Gasteiger partial charge on any atom is 0.0445 e. The molecule has 1 rings (SSSR count). The van der Waals surface area contributed by atoms with Gasteiger partial charge in [-0.2, -0.15) is 0 Å². The van der Waals surface area contributed by atoms with Gasteiger partial charge in [0.1, 0.15) is 0 Å². The van der Waals surface area contributed by atoms with E-state index in [9.17, 15) is 0 Å². The lowest BCUT2D eigenvalue weighted by Crippen LogP contribution is -2.45. The summed E-state index contributed by atoms with van der Waals surface area (Å²) in [5.74, 6) is 0. The predicted molar refractivity (Wildman–Crippen MR) is 60.4 cm³/mol. The van der Waals surface area contributed by atoms with E-state index >= 15 is 0 Å². The summed E-state index contributed by atoms with van der Waals surface area (Å²) in [6.45, 7) is 6.15. The second-order valence-electron chi connectivity index (χ2n) is 4.54. The smallest absolute Gasteiger partial charge is 0.0445 e. The van der Waals surface area contributed by atoms with E-state index in [1.807, 2.05) is 0 Å². The molecule has 2 atom stereocenters. The molecule has 0 aromatic carbocycles. The number of hydrogen-bond acceptors (Lipinski definition) is 2. The monoisotopic (exact) mass is 199 g/mol. The van der Waals surface area contributed by atoms with Gasteiger partial charge in [0, 0.05) is 18.7 Å². The van der Waals surface area contributed by atoms with Crippen LogP contribution >= 0.6 is 0 Å². The SMILES string of the molecule is CCCC(CCO)N1CCCCC1C. The molecule has 0 aromatic heterocycles. The fraction of sp³-hybridized carbons (Fsp3) is 1.00. The highest BCUT2D eigenvalue weighted by molar-refractivity contribution is 4.80. The number of rotatable bonds is 5. The van der Waals surface area contributed by atoms with Crippen molar-refractivity contribution in [2.24, 2.45) is 0 Å². The number of aliphatic hydroxyl groups is 1. The second kappa shape index (κ2) is 6.41. The van der Waals surface area contributed by atoms with Crippen molar-refractivity contribution in [3.8, 4) is 0 Å². The van der Waals surface area contributed by atoms with Gasteiger partial charge in [-0.3, -0.25) is 4.90 Å². The summed E-state index contributed by atoms with van der Waals surface area (Å²) in [4.78, 5) is 2.61. The molecule has 14 heavy (non-hydrogen) atoms. The van der Waals surface area contributed by atoms with E-state index in [2.05, 4.69) is 18.7 Å². The topological polar surface area (TPSA) is 23.5 Å². The third kappa shape index (κ3) is 3.25. The predicted octanol–water partition coefficient (Wildman–Crippen LogP) is 2.41. The van der Waals surface area contributed by atoms with E-state index < -0.39 is 0 Å². The van der Waals surface area contributed by atoms with Crippen LogP contribution in [0.5, 0.6) is 0 Å². The van der Waals surface area contributed by atoms with Gasteiger partial charge in [0.2, 0.25) is 0 Å². The lowest BCUT2D eigenvalue weighted by atomic mass is 9.97. The highest BCUT2D eigenvalue weighted by atomic mass is 16.3. The van der Waals surface area contributed by atoms with E-state index in [1.165, 1.54) is 38.6 Å². The van der Waals surface area contributed by atoms with Crippen LogP contribution in [0, 0.1) is 0 Å². The molecule has 1 N–H and O–H groups in total. The molecule has 2 unspecified atom stereocenters. The Kier molecular flexibility index (Phi) is 5.49. The molecule has 1 heterocycles. The number of nitrogens with zero attached hydrogens (tertiary/aromatic N) is 1. The molecule has 0 radical (unpaired) electrons. The van der Waals surface area contributed by atoms with Gasteiger partial charge in [-0.15, -0.1) is 0 Å². The first kappa shape index (κ1) is 12.0. The van der Waals surface area contributed by atoms with Gasteiger partial charge >= 0.3 is 0 Å². The third-order valence-electron chi connectivity index (χ3n) is 3.41. The van der Waals surface area contributed by atoms with Crippen LogP contribution in [0.4, 0.5) is 0 Å². The van der Waals surface area contributed by atoms with E-state index in [1.54, 1.807) is 0 Å². The number of hydrogen-bond donors (Lipinski definition) is 1. The van der Waals surface area contributed by atoms with Crippen LogP contribution in [0.25, 0.3) is 0 Å². The summed E-state index contributed by atoms with van der Waals surface area (Å²) < 4.78 is 0. The van der Waals surface area contributed by atoms with Gasteiger partial charge in [0.15, 0.2) is 0 Å². The van der Waals surface area contributed by atoms with Crippen molar-refractivity contribution in [3.63, 3.8) is 0 Å². The maximum absolute atomic E-state index is 9.05. The largest absolute Gasteiger partial charge is 0.396 e. The first-order valence-electron chi connectivity index (χ1n) is 6.16. The Morgan fingerprint density at radius 3 is 2.71 bits per heavy atom. The quantitative estimate of drug-likeness (QED) is 0.735. The fourth-order valence-corrected chi connectivity index (χ4v) is 2.62. The number of piperidine rings is 1. The summed E-state index contributed by atoms with van der Waals surface area (Å²) in [5.41, 5.74) is 0. The Balaban J connectivity index is 2.46. The average molecular weight is 199 g/mol. The molecule has 1 aliphatic rings. The molecule has 1 aliphatic heterocycles. The first-order chi connectivity index (χ1) is 6.79. The second-order valence-corrected chi connectivity index (χ2v) is 4.54. The maximum atomic E-state index is 9.05. The minimum atomic E-state index is 0.341. The van der Waals surface area contributed by atoms with Gasteiger partial charge in [0.25, 0.3) is 0 Å². The van der Waals surface area contributed by atoms with Gasteiger partial charge < -0.3 is 5.11 Å². The van der Waals surface area contributed by atoms with E-state index in [4.69, 9.17) is 5.11 Å². The fourth-order valence-electron chi connectivity index (χ4n) is 2.62. The Bertz CT molecular complexity index is 143. The van der Waals surface area contributed by atoms with Crippen molar-refractivity contribution in [3.05, 3.63) is 0 Å². The Hall–Kier alpha value is -0.0800. The molecule has 2 heteroatoms. The van der Waals surface area contributed by atoms with Crippen LogP contribution < -0.4 is 0 Å². The van der Waals surface area contributed by atoms with Crippen molar-refractivity contribution >= 4 is 0 Å². The summed E-state index contributed by atoms with van der Waals surface area (Å²) in [5, 5.41) is 9.05. The molecular weight excluding hydrogens is 174 g/mol. The zero-order valence-corrected chi connectivity index (χ0v) is 9.71. The molecule has 0 spiro atoms. The highest BCUT2D eigenvalue weighted by Crippen LogP contribution is 2.22. The van der Waals surface area contributed by atoms with Crippen molar-refractivity contribution in [1.29, 1.82) is 0 Å². The third-order valence-corrected chi connectivity index (χ3v) is 3.41. The molecule has 0 aliphatic carbocycles.